The molecule has 1 aliphatic heterocycles. The number of hydrogen-bond acceptors (Lipinski definition) is 2. The molecular weight excluding hydrogens is 320 g/mol. The molecule has 0 saturated heterocycles. The number of aliphatic hydroxyl groups is 1. The number of quaternary nitrogens is 1. The van der Waals surface area contributed by atoms with Crippen LogP contribution in [0.2, 0.25) is 0 Å². The van der Waals surface area contributed by atoms with Gasteiger partial charge in [0.25, 0.3) is 0 Å². The van der Waals surface area contributed by atoms with Crippen molar-refractivity contribution < 1.29 is 9.59 Å². The predicted octanol–water partition coefficient (Wildman–Crippen LogP) is 5.87. The van der Waals surface area contributed by atoms with Crippen molar-refractivity contribution in [3.05, 3.63) is 12.2 Å². The summed E-state index contributed by atoms with van der Waals surface area (Å²) in [5, 5.41) is 9.36. The van der Waals surface area contributed by atoms with Gasteiger partial charge in [0.05, 0.1) is 19.7 Å². The monoisotopic (exact) mass is 365 g/mol. The van der Waals surface area contributed by atoms with E-state index in [1.807, 2.05) is 0 Å². The van der Waals surface area contributed by atoms with Crippen molar-refractivity contribution in [2.45, 2.75) is 97.3 Å². The maximum absolute atomic E-state index is 9.36. The molecule has 0 aliphatic carbocycles. The molecule has 0 amide bonds. The van der Waals surface area contributed by atoms with Crippen molar-refractivity contribution in [2.24, 2.45) is 4.99 Å². The van der Waals surface area contributed by atoms with Gasteiger partial charge in [0.15, 0.2) is 5.84 Å². The van der Waals surface area contributed by atoms with E-state index in [2.05, 4.69) is 26.0 Å². The van der Waals surface area contributed by atoms with Crippen molar-refractivity contribution in [3.63, 3.8) is 0 Å². The predicted molar refractivity (Wildman–Crippen MR) is 115 cm³/mol. The van der Waals surface area contributed by atoms with Crippen LogP contribution in [0.4, 0.5) is 0 Å². The summed E-state index contributed by atoms with van der Waals surface area (Å²) >= 11 is 0. The number of unbranched alkanes of at least 4 members (excludes halogenated alkanes) is 11. The Labute approximate surface area is 163 Å². The highest BCUT2D eigenvalue weighted by atomic mass is 16.3. The van der Waals surface area contributed by atoms with Crippen LogP contribution in [0, 0.1) is 0 Å². The van der Waals surface area contributed by atoms with Crippen LogP contribution < -0.4 is 0 Å². The summed E-state index contributed by atoms with van der Waals surface area (Å²) < 4.78 is 0.950. The summed E-state index contributed by atoms with van der Waals surface area (Å²) in [4.78, 5) is 4.75. The third-order valence-electron chi connectivity index (χ3n) is 6.01. The van der Waals surface area contributed by atoms with Gasteiger partial charge in [0.1, 0.15) is 13.1 Å². The molecule has 1 atom stereocenters. The van der Waals surface area contributed by atoms with Gasteiger partial charge in [-0.25, -0.2) is 4.99 Å². The molecule has 1 rings (SSSR count). The van der Waals surface area contributed by atoms with Crippen LogP contribution in [0.3, 0.4) is 0 Å². The minimum absolute atomic E-state index is 0.280. The van der Waals surface area contributed by atoms with Gasteiger partial charge in [-0.2, -0.15) is 0 Å². The molecular formula is C23H45N2O+. The van der Waals surface area contributed by atoms with Gasteiger partial charge in [-0.3, -0.25) is 4.48 Å². The maximum atomic E-state index is 9.36. The number of aliphatic imine (C=N–C) groups is 1. The fourth-order valence-corrected chi connectivity index (χ4v) is 4.20. The summed E-state index contributed by atoms with van der Waals surface area (Å²) in [6.07, 6.45) is 22.1. The first kappa shape index (κ1) is 23.4. The first-order valence-corrected chi connectivity index (χ1v) is 11.4. The van der Waals surface area contributed by atoms with E-state index >= 15 is 0 Å². The fraction of sp³-hybridized carbons (Fsp3) is 0.870. The zero-order valence-electron chi connectivity index (χ0n) is 17.7. The largest absolute Gasteiger partial charge is 0.390 e. The van der Waals surface area contributed by atoms with E-state index in [1.54, 1.807) is 0 Å². The van der Waals surface area contributed by atoms with E-state index in [0.29, 0.717) is 0 Å². The quantitative estimate of drug-likeness (QED) is 0.195. The Morgan fingerprint density at radius 2 is 1.50 bits per heavy atom. The molecule has 0 saturated carbocycles. The van der Waals surface area contributed by atoms with Gasteiger partial charge >= 0.3 is 0 Å². The Morgan fingerprint density at radius 1 is 0.923 bits per heavy atom. The number of allylic oxidation sites excluding steroid dienone is 2. The van der Waals surface area contributed by atoms with Gasteiger partial charge in [0, 0.05) is 6.42 Å². The Morgan fingerprint density at radius 3 is 2.04 bits per heavy atom. The lowest BCUT2D eigenvalue weighted by molar-refractivity contribution is -0.835. The van der Waals surface area contributed by atoms with Crippen LogP contribution in [0.5, 0.6) is 0 Å². The highest BCUT2D eigenvalue weighted by Gasteiger charge is 2.35. The Bertz CT molecular complexity index is 392. The SMILES string of the molecule is C/C=C/CCCCCCCCCCCCCC1=NCC[N+]1(CC)CCO. The van der Waals surface area contributed by atoms with Gasteiger partial charge in [-0.05, 0) is 33.1 Å². The second-order valence-corrected chi connectivity index (χ2v) is 7.93. The summed E-state index contributed by atoms with van der Waals surface area (Å²) in [5.41, 5.74) is 0. The van der Waals surface area contributed by atoms with Crippen LogP contribution in [0.1, 0.15) is 97.3 Å². The lowest BCUT2D eigenvalue weighted by Crippen LogP contribution is -2.52. The average Bonchev–Trinajstić information content (AvgIpc) is 3.05. The molecule has 0 bridgehead atoms. The fourth-order valence-electron chi connectivity index (χ4n) is 4.20. The molecule has 3 nitrogen and oxygen atoms in total. The highest BCUT2D eigenvalue weighted by Crippen LogP contribution is 2.20. The van der Waals surface area contributed by atoms with Gasteiger partial charge < -0.3 is 5.11 Å². The topological polar surface area (TPSA) is 32.6 Å². The number of likely N-dealkylation sites (N-methyl/N-ethyl adjacent to an activating group) is 1. The maximum Gasteiger partial charge on any atom is 0.198 e. The molecule has 0 radical (unpaired) electrons. The molecule has 0 aromatic heterocycles. The Balaban J connectivity index is 1.92. The van der Waals surface area contributed by atoms with Crippen molar-refractivity contribution in [2.75, 3.05) is 32.8 Å². The molecule has 0 fully saturated rings. The summed E-state index contributed by atoms with van der Waals surface area (Å²) in [6, 6.07) is 0. The van der Waals surface area contributed by atoms with Crippen LogP contribution in [-0.2, 0) is 0 Å². The van der Waals surface area contributed by atoms with Gasteiger partial charge in [0.2, 0.25) is 0 Å². The van der Waals surface area contributed by atoms with Crippen LogP contribution in [-0.4, -0.2) is 48.2 Å². The highest BCUT2D eigenvalue weighted by molar-refractivity contribution is 5.76. The lowest BCUT2D eigenvalue weighted by atomic mass is 10.0. The molecule has 152 valence electrons. The third kappa shape index (κ3) is 9.32. The zero-order valence-corrected chi connectivity index (χ0v) is 17.7. The van der Waals surface area contributed by atoms with E-state index in [1.165, 1.54) is 82.9 Å². The Kier molecular flexibility index (Phi) is 13.8. The molecule has 3 heteroatoms. The second-order valence-electron chi connectivity index (χ2n) is 7.93. The normalized spacial score (nSPS) is 20.2. The first-order chi connectivity index (χ1) is 12.8. The molecule has 0 aromatic carbocycles. The number of rotatable bonds is 17. The molecule has 0 spiro atoms. The van der Waals surface area contributed by atoms with Crippen molar-refractivity contribution in [3.8, 4) is 0 Å². The van der Waals surface area contributed by atoms with Crippen molar-refractivity contribution >= 4 is 5.84 Å². The molecule has 26 heavy (non-hydrogen) atoms. The zero-order chi connectivity index (χ0) is 18.9. The van der Waals surface area contributed by atoms with Crippen molar-refractivity contribution in [1.82, 2.24) is 0 Å². The standard InChI is InChI=1S/C23H45N2O/c1-3-5-6-7-8-9-10-11-12-13-14-15-16-17-18-23-24-19-20-25(23,4-2)21-22-26/h3,5,26H,4,6-22H2,1-2H3/q+1/b5-3+. The summed E-state index contributed by atoms with van der Waals surface area (Å²) in [6.45, 7) is 8.61. The van der Waals surface area contributed by atoms with E-state index < -0.39 is 0 Å². The Hall–Kier alpha value is -0.670. The van der Waals surface area contributed by atoms with Crippen LogP contribution >= 0.6 is 0 Å². The van der Waals surface area contributed by atoms with E-state index in [-0.39, 0.29) is 6.61 Å². The number of hydrogen-bond donors (Lipinski definition) is 1. The van der Waals surface area contributed by atoms with E-state index in [0.717, 1.165) is 37.1 Å². The number of amidine groups is 1. The summed E-state index contributed by atoms with van der Waals surface area (Å²) in [7, 11) is 0. The number of aliphatic hydroxyl groups excluding tert-OH is 1. The smallest absolute Gasteiger partial charge is 0.198 e. The lowest BCUT2D eigenvalue weighted by Gasteiger charge is -2.33. The van der Waals surface area contributed by atoms with Crippen LogP contribution in [0.15, 0.2) is 17.1 Å². The van der Waals surface area contributed by atoms with Crippen LogP contribution in [0.25, 0.3) is 0 Å². The molecule has 0 aromatic rings. The molecule has 1 aliphatic rings. The molecule has 1 heterocycles. The molecule has 1 unspecified atom stereocenters. The van der Waals surface area contributed by atoms with E-state index in [9.17, 15) is 5.11 Å². The van der Waals surface area contributed by atoms with E-state index in [4.69, 9.17) is 4.99 Å². The minimum atomic E-state index is 0.280. The minimum Gasteiger partial charge on any atom is -0.390 e. The first-order valence-electron chi connectivity index (χ1n) is 11.4. The van der Waals surface area contributed by atoms with Gasteiger partial charge in [-0.1, -0.05) is 69.9 Å². The van der Waals surface area contributed by atoms with Gasteiger partial charge in [-0.15, -0.1) is 0 Å². The van der Waals surface area contributed by atoms with Crippen molar-refractivity contribution in [1.29, 1.82) is 0 Å². The summed E-state index contributed by atoms with van der Waals surface area (Å²) in [5.74, 6) is 1.36. The average molecular weight is 366 g/mol. The number of nitrogens with zero attached hydrogens (tertiary/aromatic N) is 2. The second kappa shape index (κ2) is 15.4. The molecule has 1 N–H and O–H groups in total. The third-order valence-corrected chi connectivity index (χ3v) is 6.01.